The molecular formula is C32H39F3N4O8S2. The number of hydrogen-bond acceptors (Lipinski definition) is 10. The second-order valence-corrected chi connectivity index (χ2v) is 15.8. The van der Waals surface area contributed by atoms with Crippen LogP contribution in [-0.2, 0) is 31.3 Å². The highest BCUT2D eigenvalue weighted by Crippen LogP contribution is 2.40. The van der Waals surface area contributed by atoms with Crippen LogP contribution < -0.4 is 25.2 Å². The first kappa shape index (κ1) is 37.0. The van der Waals surface area contributed by atoms with Gasteiger partial charge < -0.3 is 30.4 Å². The quantitative estimate of drug-likeness (QED) is 0.205. The number of hydrogen-bond donors (Lipinski definition) is 4. The van der Waals surface area contributed by atoms with Gasteiger partial charge in [-0.3, -0.25) is 0 Å². The molecule has 0 bridgehead atoms. The molecule has 2 atom stereocenters. The van der Waals surface area contributed by atoms with Crippen molar-refractivity contribution >= 4 is 20.0 Å². The number of aliphatic hydroxyl groups is 1. The molecule has 1 unspecified atom stereocenters. The van der Waals surface area contributed by atoms with Crippen LogP contribution in [0.25, 0.3) is 11.1 Å². The molecule has 2 fully saturated rings. The van der Waals surface area contributed by atoms with E-state index in [1.54, 1.807) is 30.3 Å². The number of halogens is 3. The van der Waals surface area contributed by atoms with Crippen LogP contribution in [0, 0.1) is 0 Å². The maximum Gasteiger partial charge on any atom is 0.573 e. The number of alkyl halides is 3. The Morgan fingerprint density at radius 2 is 1.73 bits per heavy atom. The van der Waals surface area contributed by atoms with Gasteiger partial charge in [-0.05, 0) is 67.3 Å². The van der Waals surface area contributed by atoms with E-state index in [9.17, 15) is 35.1 Å². The lowest BCUT2D eigenvalue weighted by molar-refractivity contribution is -0.275. The summed E-state index contributed by atoms with van der Waals surface area (Å²) in [4.78, 5) is -0.549. The summed E-state index contributed by atoms with van der Waals surface area (Å²) in [6, 6.07) is 16.3. The van der Waals surface area contributed by atoms with Crippen LogP contribution in [-0.4, -0.2) is 90.3 Å². The number of nitrogens with one attached hydrogen (secondary N) is 2. The van der Waals surface area contributed by atoms with Gasteiger partial charge in [0.25, 0.3) is 0 Å². The van der Waals surface area contributed by atoms with Crippen molar-refractivity contribution in [2.75, 3.05) is 39.9 Å². The Hall–Kier alpha value is -3.29. The van der Waals surface area contributed by atoms with Crippen molar-refractivity contribution < 1.29 is 49.3 Å². The normalized spacial score (nSPS) is 19.2. The van der Waals surface area contributed by atoms with Gasteiger partial charge in [-0.1, -0.05) is 36.4 Å². The van der Waals surface area contributed by atoms with Crippen LogP contribution in [0.15, 0.2) is 76.5 Å². The number of rotatable bonds is 13. The molecule has 2 heterocycles. The second-order valence-electron chi connectivity index (χ2n) is 12.0. The smallest absolute Gasteiger partial charge is 0.491 e. The third-order valence-electron chi connectivity index (χ3n) is 8.62. The van der Waals surface area contributed by atoms with E-state index in [0.29, 0.717) is 43.5 Å². The molecule has 2 aliphatic heterocycles. The van der Waals surface area contributed by atoms with E-state index >= 15 is 0 Å². The Bertz CT molecular complexity index is 1820. The standard InChI is InChI=1S/C32H39F3N4O8S2/c1-37-48(41,42)28-4-2-3-27(16-28)45-21-26(40)19-38-25-17-31(46-20-25)11-13-39(14-12-31)49(43,44)30-10-9-24(15-29(30)47-32(33,34)35)23-7-5-22(18-36)6-8-23/h2-10,15-16,25-26,37-38,40H,11-14,17-21,36H2,1H3/t25?,26-/m0/s1. The molecule has 0 aliphatic carbocycles. The van der Waals surface area contributed by atoms with Crippen LogP contribution in [0.3, 0.4) is 0 Å². The van der Waals surface area contributed by atoms with Gasteiger partial charge in [0.05, 0.1) is 17.1 Å². The zero-order valence-electron chi connectivity index (χ0n) is 26.6. The Morgan fingerprint density at radius 1 is 1.04 bits per heavy atom. The fourth-order valence-electron chi connectivity index (χ4n) is 5.94. The molecule has 5 N–H and O–H groups in total. The zero-order valence-corrected chi connectivity index (χ0v) is 28.3. The van der Waals surface area contributed by atoms with Crippen molar-refractivity contribution in [2.45, 2.75) is 59.7 Å². The van der Waals surface area contributed by atoms with Gasteiger partial charge in [0.15, 0.2) is 0 Å². The summed E-state index contributed by atoms with van der Waals surface area (Å²) in [6.07, 6.45) is -4.85. The average Bonchev–Trinajstić information content (AvgIpc) is 3.47. The van der Waals surface area contributed by atoms with Gasteiger partial charge in [0.2, 0.25) is 20.0 Å². The first-order chi connectivity index (χ1) is 23.1. The van der Waals surface area contributed by atoms with Crippen LogP contribution >= 0.6 is 0 Å². The SMILES string of the molecule is CNS(=O)(=O)c1cccc(OC[C@@H](O)CNC2COC3(CCN(S(=O)(=O)c4ccc(-c5ccc(CN)cc5)cc4OC(F)(F)F)CC3)C2)c1. The predicted octanol–water partition coefficient (Wildman–Crippen LogP) is 2.96. The summed E-state index contributed by atoms with van der Waals surface area (Å²) in [7, 11) is -6.70. The van der Waals surface area contributed by atoms with Crippen molar-refractivity contribution in [3.05, 3.63) is 72.3 Å². The Kier molecular flexibility index (Phi) is 11.2. The van der Waals surface area contributed by atoms with Crippen molar-refractivity contribution in [2.24, 2.45) is 5.73 Å². The highest BCUT2D eigenvalue weighted by molar-refractivity contribution is 7.89. The van der Waals surface area contributed by atoms with E-state index in [1.807, 2.05) is 0 Å². The number of sulfonamides is 2. The van der Waals surface area contributed by atoms with E-state index < -0.39 is 48.8 Å². The molecule has 268 valence electrons. The lowest BCUT2D eigenvalue weighted by Gasteiger charge is -2.38. The Balaban J connectivity index is 1.17. The minimum absolute atomic E-state index is 0.0294. The summed E-state index contributed by atoms with van der Waals surface area (Å²) in [5.41, 5.74) is 6.75. The van der Waals surface area contributed by atoms with Gasteiger partial charge in [0.1, 0.15) is 29.1 Å². The summed E-state index contributed by atoms with van der Waals surface area (Å²) in [5.74, 6) is -0.529. The fraction of sp³-hybridized carbons (Fsp3) is 0.438. The maximum atomic E-state index is 13.7. The van der Waals surface area contributed by atoms with E-state index in [2.05, 4.69) is 14.8 Å². The molecule has 12 nitrogen and oxygen atoms in total. The van der Waals surface area contributed by atoms with Crippen LogP contribution in [0.5, 0.6) is 11.5 Å². The topological polar surface area (TPSA) is 170 Å². The number of aliphatic hydroxyl groups excluding tert-OH is 1. The molecule has 17 heteroatoms. The zero-order chi connectivity index (χ0) is 35.5. The second kappa shape index (κ2) is 14.9. The van der Waals surface area contributed by atoms with Gasteiger partial charge in [-0.15, -0.1) is 13.2 Å². The van der Waals surface area contributed by atoms with Gasteiger partial charge in [0, 0.05) is 38.3 Å². The molecule has 2 saturated heterocycles. The van der Waals surface area contributed by atoms with Crippen molar-refractivity contribution in [1.29, 1.82) is 0 Å². The van der Waals surface area contributed by atoms with E-state index in [4.69, 9.17) is 15.2 Å². The van der Waals surface area contributed by atoms with E-state index in [0.717, 1.165) is 22.0 Å². The van der Waals surface area contributed by atoms with Crippen molar-refractivity contribution in [1.82, 2.24) is 14.3 Å². The lowest BCUT2D eigenvalue weighted by atomic mass is 9.88. The van der Waals surface area contributed by atoms with Crippen LogP contribution in [0.1, 0.15) is 24.8 Å². The molecule has 2 aliphatic rings. The first-order valence-corrected chi connectivity index (χ1v) is 18.5. The number of benzene rings is 3. The number of nitrogens with zero attached hydrogens (tertiary/aromatic N) is 1. The molecule has 49 heavy (non-hydrogen) atoms. The number of piperidine rings is 1. The minimum atomic E-state index is -5.11. The average molecular weight is 729 g/mol. The van der Waals surface area contributed by atoms with Gasteiger partial charge in [-0.2, -0.15) is 4.31 Å². The number of nitrogens with two attached hydrogens (primary N) is 1. The molecule has 1 spiro atoms. The van der Waals surface area contributed by atoms with E-state index in [-0.39, 0.29) is 42.9 Å². The molecule has 0 aromatic heterocycles. The first-order valence-electron chi connectivity index (χ1n) is 15.5. The van der Waals surface area contributed by atoms with Gasteiger partial charge >= 0.3 is 6.36 Å². The molecule has 3 aromatic rings. The van der Waals surface area contributed by atoms with Crippen molar-refractivity contribution in [3.63, 3.8) is 0 Å². The number of ether oxygens (including phenoxy) is 3. The third-order valence-corrected chi connectivity index (χ3v) is 12.0. The highest BCUT2D eigenvalue weighted by Gasteiger charge is 2.45. The molecule has 0 saturated carbocycles. The lowest BCUT2D eigenvalue weighted by Crippen LogP contribution is -2.47. The summed E-state index contributed by atoms with van der Waals surface area (Å²) in [5, 5.41) is 13.7. The molecular weight excluding hydrogens is 690 g/mol. The highest BCUT2D eigenvalue weighted by atomic mass is 32.2. The van der Waals surface area contributed by atoms with Crippen LogP contribution in [0.4, 0.5) is 13.2 Å². The van der Waals surface area contributed by atoms with Crippen LogP contribution in [0.2, 0.25) is 0 Å². The molecule has 0 radical (unpaired) electrons. The van der Waals surface area contributed by atoms with E-state index in [1.165, 1.54) is 31.3 Å². The summed E-state index contributed by atoms with van der Waals surface area (Å²) >= 11 is 0. The molecule has 3 aromatic carbocycles. The third kappa shape index (κ3) is 9.09. The summed E-state index contributed by atoms with van der Waals surface area (Å²) < 4.78 is 111. The molecule has 5 rings (SSSR count). The Morgan fingerprint density at radius 3 is 2.39 bits per heavy atom. The van der Waals surface area contributed by atoms with Gasteiger partial charge in [-0.25, -0.2) is 21.6 Å². The Labute approximate surface area is 283 Å². The monoisotopic (exact) mass is 728 g/mol. The molecule has 0 amide bonds. The largest absolute Gasteiger partial charge is 0.573 e. The maximum absolute atomic E-state index is 13.7. The minimum Gasteiger partial charge on any atom is -0.491 e. The predicted molar refractivity (Wildman–Crippen MR) is 174 cm³/mol. The summed E-state index contributed by atoms with van der Waals surface area (Å²) in [6.45, 7) is 0.742. The van der Waals surface area contributed by atoms with Crippen molar-refractivity contribution in [3.8, 4) is 22.6 Å². The fourth-order valence-corrected chi connectivity index (χ4v) is 8.24.